The van der Waals surface area contributed by atoms with Crippen LogP contribution in [0.2, 0.25) is 0 Å². The largest absolute Gasteiger partial charge is 0.481 e. The average molecular weight is 295 g/mol. The fourth-order valence-electron chi connectivity index (χ4n) is 1.47. The van der Waals surface area contributed by atoms with Gasteiger partial charge in [-0.2, -0.15) is 4.98 Å². The van der Waals surface area contributed by atoms with Gasteiger partial charge in [0.25, 0.3) is 10.9 Å². The number of aryl methyl sites for hydroxylation is 1. The van der Waals surface area contributed by atoms with Crippen molar-refractivity contribution in [1.29, 1.82) is 0 Å². The number of carboxylic acid groups (broad SMARTS) is 1. The second kappa shape index (κ2) is 5.70. The maximum absolute atomic E-state index is 10.8. The Balaban J connectivity index is 2.29. The van der Waals surface area contributed by atoms with Crippen molar-refractivity contribution >= 4 is 23.4 Å². The molecule has 8 nitrogen and oxygen atoms in total. The Kier molecular flexibility index (Phi) is 3.99. The van der Waals surface area contributed by atoms with Crippen molar-refractivity contribution in [2.75, 3.05) is 5.75 Å². The molecule has 9 heteroatoms. The maximum atomic E-state index is 10.8. The summed E-state index contributed by atoms with van der Waals surface area (Å²) in [7, 11) is 0. The van der Waals surface area contributed by atoms with Crippen molar-refractivity contribution in [2.24, 2.45) is 0 Å². The van der Waals surface area contributed by atoms with Gasteiger partial charge in [-0.15, -0.1) is 0 Å². The normalized spacial score (nSPS) is 10.4. The van der Waals surface area contributed by atoms with Crippen LogP contribution in [-0.4, -0.2) is 31.9 Å². The summed E-state index contributed by atoms with van der Waals surface area (Å²) in [5.41, 5.74) is 1.16. The van der Waals surface area contributed by atoms with Crippen molar-refractivity contribution in [3.8, 4) is 11.4 Å². The van der Waals surface area contributed by atoms with E-state index in [1.54, 1.807) is 13.0 Å². The maximum Gasteiger partial charge on any atom is 0.314 e. The first kappa shape index (κ1) is 14.0. The van der Waals surface area contributed by atoms with Gasteiger partial charge < -0.3 is 9.63 Å². The number of hydrogen-bond donors (Lipinski definition) is 1. The Morgan fingerprint density at radius 1 is 1.55 bits per heavy atom. The molecule has 0 fully saturated rings. The van der Waals surface area contributed by atoms with E-state index in [-0.39, 0.29) is 22.5 Å². The van der Waals surface area contributed by atoms with E-state index in [1.165, 1.54) is 12.1 Å². The standard InChI is InChI=1S/C11H9N3O5S/c1-6-2-3-7(14(17)18)4-8(6)10-12-11(19-13-10)20-5-9(15)16/h2-4H,5H2,1H3,(H,15,16). The molecule has 1 heterocycles. The number of hydrogen-bond acceptors (Lipinski definition) is 7. The van der Waals surface area contributed by atoms with Gasteiger partial charge in [0.2, 0.25) is 5.82 Å². The Labute approximate surface area is 117 Å². The molecule has 2 rings (SSSR count). The monoisotopic (exact) mass is 295 g/mol. The molecular formula is C11H9N3O5S. The fraction of sp³-hybridized carbons (Fsp3) is 0.182. The van der Waals surface area contributed by atoms with Crippen molar-refractivity contribution in [3.63, 3.8) is 0 Å². The fourth-order valence-corrected chi connectivity index (χ4v) is 1.95. The topological polar surface area (TPSA) is 119 Å². The highest BCUT2D eigenvalue weighted by molar-refractivity contribution is 7.99. The van der Waals surface area contributed by atoms with Crippen LogP contribution in [-0.2, 0) is 4.79 Å². The number of nitro groups is 1. The summed E-state index contributed by atoms with van der Waals surface area (Å²) >= 11 is 0.887. The molecule has 0 aliphatic heterocycles. The number of thioether (sulfide) groups is 1. The molecule has 0 unspecified atom stereocenters. The molecule has 1 N–H and O–H groups in total. The highest BCUT2D eigenvalue weighted by atomic mass is 32.2. The Morgan fingerprint density at radius 3 is 2.95 bits per heavy atom. The summed E-state index contributed by atoms with van der Waals surface area (Å²) in [5.74, 6) is -1.00. The first-order valence-corrected chi connectivity index (χ1v) is 6.39. The second-order valence-electron chi connectivity index (χ2n) is 3.82. The molecule has 0 saturated carbocycles. The lowest BCUT2D eigenvalue weighted by atomic mass is 10.1. The number of carboxylic acids is 1. The zero-order valence-electron chi connectivity index (χ0n) is 10.3. The van der Waals surface area contributed by atoms with Crippen molar-refractivity contribution in [3.05, 3.63) is 33.9 Å². The Hall–Kier alpha value is -2.42. The van der Waals surface area contributed by atoms with E-state index in [0.717, 1.165) is 17.3 Å². The molecule has 1 aromatic heterocycles. The average Bonchev–Trinajstić information content (AvgIpc) is 2.85. The minimum Gasteiger partial charge on any atom is -0.481 e. The van der Waals surface area contributed by atoms with Gasteiger partial charge in [0.05, 0.1) is 4.92 Å². The van der Waals surface area contributed by atoms with Crippen LogP contribution in [0.25, 0.3) is 11.4 Å². The summed E-state index contributed by atoms with van der Waals surface area (Å²) in [6, 6.07) is 4.33. The number of benzene rings is 1. The van der Waals surface area contributed by atoms with Gasteiger partial charge in [-0.25, -0.2) is 0 Å². The third-order valence-corrected chi connectivity index (χ3v) is 3.20. The summed E-state index contributed by atoms with van der Waals surface area (Å²) in [6.45, 7) is 1.76. The molecule has 0 saturated heterocycles. The first-order chi connectivity index (χ1) is 9.47. The van der Waals surface area contributed by atoms with Crippen LogP contribution in [0.3, 0.4) is 0 Å². The predicted molar refractivity (Wildman–Crippen MR) is 69.5 cm³/mol. The summed E-state index contributed by atoms with van der Waals surface area (Å²) < 4.78 is 4.89. The van der Waals surface area contributed by atoms with E-state index >= 15 is 0 Å². The molecule has 0 radical (unpaired) electrons. The van der Waals surface area contributed by atoms with Crippen LogP contribution in [0.5, 0.6) is 0 Å². The number of carbonyl (C=O) groups is 1. The van der Waals surface area contributed by atoms with Gasteiger partial charge in [0, 0.05) is 17.7 Å². The summed E-state index contributed by atoms with van der Waals surface area (Å²) in [4.78, 5) is 24.7. The lowest BCUT2D eigenvalue weighted by Crippen LogP contribution is -1.97. The number of nitro benzene ring substituents is 1. The molecule has 0 aliphatic rings. The van der Waals surface area contributed by atoms with Crippen molar-refractivity contribution in [1.82, 2.24) is 10.1 Å². The zero-order chi connectivity index (χ0) is 14.7. The van der Waals surface area contributed by atoms with Crippen molar-refractivity contribution < 1.29 is 19.3 Å². The number of rotatable bonds is 5. The van der Waals surface area contributed by atoms with Crippen LogP contribution in [0.1, 0.15) is 5.56 Å². The molecule has 0 amide bonds. The van der Waals surface area contributed by atoms with E-state index < -0.39 is 10.9 Å². The van der Waals surface area contributed by atoms with E-state index in [2.05, 4.69) is 10.1 Å². The van der Waals surface area contributed by atoms with Crippen LogP contribution in [0.4, 0.5) is 5.69 Å². The lowest BCUT2D eigenvalue weighted by Gasteiger charge is -1.99. The van der Waals surface area contributed by atoms with E-state index in [1.807, 2.05) is 0 Å². The van der Waals surface area contributed by atoms with Gasteiger partial charge in [0.15, 0.2) is 0 Å². The Bertz CT molecular complexity index is 670. The number of non-ortho nitro benzene ring substituents is 1. The molecule has 0 spiro atoms. The third-order valence-electron chi connectivity index (χ3n) is 2.40. The molecule has 0 bridgehead atoms. The smallest absolute Gasteiger partial charge is 0.314 e. The predicted octanol–water partition coefficient (Wildman–Crippen LogP) is 2.13. The van der Waals surface area contributed by atoms with Gasteiger partial charge >= 0.3 is 5.97 Å². The minimum atomic E-state index is -0.999. The summed E-state index contributed by atoms with van der Waals surface area (Å²) in [6.07, 6.45) is 0. The molecule has 0 atom stereocenters. The molecule has 104 valence electrons. The van der Waals surface area contributed by atoms with Crippen molar-refractivity contribution in [2.45, 2.75) is 12.1 Å². The second-order valence-corrected chi connectivity index (χ2v) is 4.75. The zero-order valence-corrected chi connectivity index (χ0v) is 11.1. The number of aromatic nitrogens is 2. The number of nitrogens with zero attached hydrogens (tertiary/aromatic N) is 3. The van der Waals surface area contributed by atoms with E-state index in [0.29, 0.717) is 5.56 Å². The molecule has 0 aliphatic carbocycles. The molecule has 1 aromatic carbocycles. The molecule has 2 aromatic rings. The molecule has 20 heavy (non-hydrogen) atoms. The van der Waals surface area contributed by atoms with Gasteiger partial charge in [-0.3, -0.25) is 14.9 Å². The highest BCUT2D eigenvalue weighted by Gasteiger charge is 2.16. The van der Waals surface area contributed by atoms with E-state index in [9.17, 15) is 14.9 Å². The SMILES string of the molecule is Cc1ccc([N+](=O)[O-])cc1-c1noc(SCC(=O)O)n1. The quantitative estimate of drug-likeness (QED) is 0.506. The van der Waals surface area contributed by atoms with Crippen LogP contribution < -0.4 is 0 Å². The van der Waals surface area contributed by atoms with Gasteiger partial charge in [-0.05, 0) is 12.5 Å². The minimum absolute atomic E-state index is 0.0739. The van der Waals surface area contributed by atoms with E-state index in [4.69, 9.17) is 9.63 Å². The van der Waals surface area contributed by atoms with Crippen LogP contribution in [0, 0.1) is 17.0 Å². The first-order valence-electron chi connectivity index (χ1n) is 5.41. The summed E-state index contributed by atoms with van der Waals surface area (Å²) in [5, 5.41) is 23.1. The third kappa shape index (κ3) is 3.12. The lowest BCUT2D eigenvalue weighted by molar-refractivity contribution is -0.384. The van der Waals surface area contributed by atoms with Crippen LogP contribution in [0.15, 0.2) is 27.9 Å². The Morgan fingerprint density at radius 2 is 2.30 bits per heavy atom. The van der Waals surface area contributed by atoms with Crippen LogP contribution >= 0.6 is 11.8 Å². The highest BCUT2D eigenvalue weighted by Crippen LogP contribution is 2.27. The van der Waals surface area contributed by atoms with Gasteiger partial charge in [-0.1, -0.05) is 23.0 Å². The number of aliphatic carboxylic acids is 1. The van der Waals surface area contributed by atoms with Gasteiger partial charge in [0.1, 0.15) is 5.75 Å². The molecular weight excluding hydrogens is 286 g/mol.